The summed E-state index contributed by atoms with van der Waals surface area (Å²) in [5, 5.41) is 6.53. The molecule has 1 unspecified atom stereocenters. The number of hydrogen-bond donors (Lipinski definition) is 2. The van der Waals surface area contributed by atoms with E-state index in [0.717, 1.165) is 63.3 Å². The van der Waals surface area contributed by atoms with Crippen molar-refractivity contribution in [2.75, 3.05) is 39.3 Å². The Morgan fingerprint density at radius 2 is 2.00 bits per heavy atom. The lowest BCUT2D eigenvalue weighted by molar-refractivity contribution is -0.123. The topological polar surface area (TPSA) is 53.6 Å². The number of hydrogen-bond acceptors (Lipinski definition) is 4. The van der Waals surface area contributed by atoms with Crippen molar-refractivity contribution in [3.05, 3.63) is 29.8 Å². The molecule has 1 heterocycles. The van der Waals surface area contributed by atoms with Gasteiger partial charge in [0.2, 0.25) is 5.91 Å². The Kier molecular flexibility index (Phi) is 6.54. The number of piperidine rings is 1. The maximum absolute atomic E-state index is 12.6. The van der Waals surface area contributed by atoms with Crippen LogP contribution in [-0.4, -0.2) is 50.1 Å². The Balaban J connectivity index is 1.48. The average Bonchev–Trinajstić information content (AvgIpc) is 3.37. The third kappa shape index (κ3) is 4.57. The van der Waals surface area contributed by atoms with Gasteiger partial charge in [-0.15, -0.1) is 0 Å². The molecule has 1 aromatic rings. The zero-order valence-corrected chi connectivity index (χ0v) is 16.2. The lowest BCUT2D eigenvalue weighted by Crippen LogP contribution is -2.33. The Labute approximate surface area is 157 Å². The van der Waals surface area contributed by atoms with Gasteiger partial charge in [0, 0.05) is 24.6 Å². The van der Waals surface area contributed by atoms with Gasteiger partial charge in [-0.2, -0.15) is 0 Å². The second-order valence-corrected chi connectivity index (χ2v) is 7.57. The van der Waals surface area contributed by atoms with Crippen LogP contribution >= 0.6 is 0 Å². The van der Waals surface area contributed by atoms with Crippen LogP contribution in [0.3, 0.4) is 0 Å². The zero-order chi connectivity index (χ0) is 18.4. The van der Waals surface area contributed by atoms with Gasteiger partial charge in [0.1, 0.15) is 12.4 Å². The van der Waals surface area contributed by atoms with Crippen molar-refractivity contribution in [2.24, 2.45) is 11.3 Å². The van der Waals surface area contributed by atoms with Crippen LogP contribution in [0.2, 0.25) is 0 Å². The molecule has 0 radical (unpaired) electrons. The van der Waals surface area contributed by atoms with Crippen molar-refractivity contribution < 1.29 is 9.53 Å². The van der Waals surface area contributed by atoms with E-state index in [2.05, 4.69) is 29.4 Å². The van der Waals surface area contributed by atoms with Gasteiger partial charge in [-0.3, -0.25) is 4.79 Å². The van der Waals surface area contributed by atoms with Crippen LogP contribution in [0.25, 0.3) is 0 Å². The summed E-state index contributed by atoms with van der Waals surface area (Å²) in [6, 6.07) is 8.03. The van der Waals surface area contributed by atoms with Gasteiger partial charge in [0.05, 0.1) is 0 Å². The molecule has 0 aromatic heterocycles. The second-order valence-electron chi connectivity index (χ2n) is 7.57. The van der Waals surface area contributed by atoms with Crippen LogP contribution in [0.4, 0.5) is 0 Å². The molecule has 1 saturated carbocycles. The monoisotopic (exact) mass is 359 g/mol. The van der Waals surface area contributed by atoms with Crippen LogP contribution < -0.4 is 15.4 Å². The van der Waals surface area contributed by atoms with E-state index in [4.69, 9.17) is 4.74 Å². The Morgan fingerprint density at radius 1 is 1.27 bits per heavy atom. The summed E-state index contributed by atoms with van der Waals surface area (Å²) in [6.07, 6.45) is 3.33. The van der Waals surface area contributed by atoms with E-state index >= 15 is 0 Å². The van der Waals surface area contributed by atoms with Gasteiger partial charge in [-0.1, -0.05) is 32.0 Å². The lowest BCUT2D eigenvalue weighted by Gasteiger charge is -2.23. The van der Waals surface area contributed by atoms with E-state index in [-0.39, 0.29) is 17.2 Å². The lowest BCUT2D eigenvalue weighted by atomic mass is 9.92. The molecular weight excluding hydrogens is 326 g/mol. The second kappa shape index (κ2) is 8.87. The maximum atomic E-state index is 12.6. The molecule has 1 spiro atoms. The Hall–Kier alpha value is -1.59. The van der Waals surface area contributed by atoms with E-state index in [1.165, 1.54) is 0 Å². The number of benzene rings is 1. The van der Waals surface area contributed by atoms with Crippen LogP contribution in [0.5, 0.6) is 5.75 Å². The van der Waals surface area contributed by atoms with Gasteiger partial charge in [-0.25, -0.2) is 0 Å². The molecule has 5 heteroatoms. The minimum Gasteiger partial charge on any atom is -0.492 e. The first-order valence-corrected chi connectivity index (χ1v) is 10.1. The fourth-order valence-electron chi connectivity index (χ4n) is 4.12. The normalized spacial score (nSPS) is 21.0. The zero-order valence-electron chi connectivity index (χ0n) is 16.2. The van der Waals surface area contributed by atoms with Crippen LogP contribution in [0, 0.1) is 11.3 Å². The fourth-order valence-corrected chi connectivity index (χ4v) is 4.12. The smallest absolute Gasteiger partial charge is 0.223 e. The molecule has 1 aromatic carbocycles. The van der Waals surface area contributed by atoms with Gasteiger partial charge in [-0.05, 0) is 56.9 Å². The first-order chi connectivity index (χ1) is 12.7. The van der Waals surface area contributed by atoms with Crippen molar-refractivity contribution in [1.82, 2.24) is 15.5 Å². The molecule has 1 atom stereocenters. The van der Waals surface area contributed by atoms with Crippen LogP contribution in [-0.2, 0) is 11.3 Å². The highest BCUT2D eigenvalue weighted by Crippen LogP contribution is 2.58. The number of ether oxygens (including phenoxy) is 1. The van der Waals surface area contributed by atoms with E-state index in [1.54, 1.807) is 0 Å². The van der Waals surface area contributed by atoms with E-state index in [0.29, 0.717) is 13.2 Å². The predicted molar refractivity (Wildman–Crippen MR) is 104 cm³/mol. The molecule has 2 N–H and O–H groups in total. The highest BCUT2D eigenvalue weighted by molar-refractivity contribution is 5.82. The molecule has 1 aliphatic heterocycles. The van der Waals surface area contributed by atoms with Crippen LogP contribution in [0.1, 0.15) is 38.7 Å². The number of carbonyl (C=O) groups excluding carboxylic acids is 1. The minimum absolute atomic E-state index is 0.209. The van der Waals surface area contributed by atoms with E-state index in [1.807, 2.05) is 24.3 Å². The summed E-state index contributed by atoms with van der Waals surface area (Å²) in [5.41, 5.74) is 1.34. The number of para-hydroxylation sites is 1. The third-order valence-electron chi connectivity index (χ3n) is 6.09. The Morgan fingerprint density at radius 3 is 2.73 bits per heavy atom. The van der Waals surface area contributed by atoms with Crippen molar-refractivity contribution in [1.29, 1.82) is 0 Å². The average molecular weight is 360 g/mol. The van der Waals surface area contributed by atoms with Crippen molar-refractivity contribution >= 4 is 5.91 Å². The third-order valence-corrected chi connectivity index (χ3v) is 6.09. The summed E-state index contributed by atoms with van der Waals surface area (Å²) in [7, 11) is 0. The summed E-state index contributed by atoms with van der Waals surface area (Å²) in [4.78, 5) is 14.9. The standard InChI is InChI=1S/C21H33N3O2/c1-3-24(4-2)13-14-26-19-8-6-5-7-17(19)16-23-20(25)18-15-21(18)9-11-22-12-10-21/h5-8,18,22H,3-4,9-16H2,1-2H3,(H,23,25). The van der Waals surface area contributed by atoms with E-state index in [9.17, 15) is 4.79 Å². The number of nitrogens with one attached hydrogen (secondary N) is 2. The molecule has 1 amide bonds. The molecule has 3 rings (SSSR count). The van der Waals surface area contributed by atoms with Crippen LogP contribution in [0.15, 0.2) is 24.3 Å². The predicted octanol–water partition coefficient (Wildman–Crippen LogP) is 2.41. The summed E-state index contributed by atoms with van der Waals surface area (Å²) in [5.74, 6) is 1.30. The quantitative estimate of drug-likeness (QED) is 0.711. The first kappa shape index (κ1) is 19.2. The maximum Gasteiger partial charge on any atom is 0.223 e. The molecule has 144 valence electrons. The molecule has 0 bridgehead atoms. The van der Waals surface area contributed by atoms with Gasteiger partial charge in [0.25, 0.3) is 0 Å². The van der Waals surface area contributed by atoms with Crippen molar-refractivity contribution in [3.8, 4) is 5.75 Å². The molecule has 5 nitrogen and oxygen atoms in total. The molecule has 26 heavy (non-hydrogen) atoms. The van der Waals surface area contributed by atoms with Gasteiger partial charge >= 0.3 is 0 Å². The summed E-state index contributed by atoms with van der Waals surface area (Å²) in [6.45, 7) is 10.6. The van der Waals surface area contributed by atoms with Crippen molar-refractivity contribution in [3.63, 3.8) is 0 Å². The van der Waals surface area contributed by atoms with Gasteiger partial charge in [0.15, 0.2) is 0 Å². The first-order valence-electron chi connectivity index (χ1n) is 10.1. The fraction of sp³-hybridized carbons (Fsp3) is 0.667. The minimum atomic E-state index is 0.209. The highest BCUT2D eigenvalue weighted by atomic mass is 16.5. The largest absolute Gasteiger partial charge is 0.492 e. The molecular formula is C21H33N3O2. The molecule has 1 saturated heterocycles. The Bertz CT molecular complexity index is 595. The summed E-state index contributed by atoms with van der Waals surface area (Å²) < 4.78 is 5.99. The molecule has 1 aliphatic carbocycles. The number of carbonyl (C=O) groups is 1. The number of rotatable bonds is 9. The summed E-state index contributed by atoms with van der Waals surface area (Å²) >= 11 is 0. The number of amides is 1. The van der Waals surface area contributed by atoms with Crippen molar-refractivity contribution in [2.45, 2.75) is 39.7 Å². The number of nitrogens with zero attached hydrogens (tertiary/aromatic N) is 1. The van der Waals surface area contributed by atoms with Gasteiger partial charge < -0.3 is 20.3 Å². The molecule has 2 aliphatic rings. The molecule has 2 fully saturated rings. The SMILES string of the molecule is CCN(CC)CCOc1ccccc1CNC(=O)C1CC12CCNCC2. The number of likely N-dealkylation sites (N-methyl/N-ethyl adjacent to an activating group) is 1. The highest BCUT2D eigenvalue weighted by Gasteiger charge is 2.57. The van der Waals surface area contributed by atoms with E-state index < -0.39 is 0 Å².